The van der Waals surface area contributed by atoms with Gasteiger partial charge in [0.2, 0.25) is 0 Å². The molecule has 2 nitrogen and oxygen atoms in total. The maximum absolute atomic E-state index is 6.32. The fourth-order valence-corrected chi connectivity index (χ4v) is 7.54. The molecular weight excluding hydrogens is 534 g/mol. The Balaban J connectivity index is 1.36. The zero-order valence-electron chi connectivity index (χ0n) is 23.8. The molecule has 44 heavy (non-hydrogen) atoms. The van der Waals surface area contributed by atoms with E-state index in [0.29, 0.717) is 0 Å². The lowest BCUT2D eigenvalue weighted by atomic mass is 9.94. The molecule has 10 aromatic rings. The Morgan fingerprint density at radius 1 is 0.364 bits per heavy atom. The summed E-state index contributed by atoms with van der Waals surface area (Å²) in [5.74, 6) is 0. The highest BCUT2D eigenvalue weighted by Gasteiger charge is 2.20. The van der Waals surface area contributed by atoms with Crippen molar-refractivity contribution in [3.05, 3.63) is 152 Å². The van der Waals surface area contributed by atoms with Crippen LogP contribution >= 0.6 is 0 Å². The molecule has 0 aliphatic heterocycles. The predicted octanol–water partition coefficient (Wildman–Crippen LogP) is 11.8. The largest absolute Gasteiger partial charge is 0.456 e. The third-order valence-corrected chi connectivity index (χ3v) is 9.37. The summed E-state index contributed by atoms with van der Waals surface area (Å²) in [6.45, 7) is 0. The van der Waals surface area contributed by atoms with E-state index in [0.717, 1.165) is 27.6 Å². The fourth-order valence-electron chi connectivity index (χ4n) is 7.54. The Labute approximate surface area is 253 Å². The minimum Gasteiger partial charge on any atom is -0.456 e. The van der Waals surface area contributed by atoms with Crippen molar-refractivity contribution in [3.63, 3.8) is 0 Å². The van der Waals surface area contributed by atoms with Crippen molar-refractivity contribution in [2.24, 2.45) is 0 Å². The van der Waals surface area contributed by atoms with Crippen LogP contribution < -0.4 is 0 Å². The number of aromatic nitrogens is 1. The van der Waals surface area contributed by atoms with Gasteiger partial charge in [0, 0.05) is 32.8 Å². The van der Waals surface area contributed by atoms with Crippen LogP contribution in [0.1, 0.15) is 0 Å². The minimum atomic E-state index is 0.910. The molecule has 204 valence electrons. The highest BCUT2D eigenvalue weighted by molar-refractivity contribution is 6.26. The molecule has 0 saturated heterocycles. The number of para-hydroxylation sites is 3. The molecule has 0 radical (unpaired) electrons. The second-order valence-corrected chi connectivity index (χ2v) is 11.7. The van der Waals surface area contributed by atoms with Crippen LogP contribution in [0.3, 0.4) is 0 Å². The monoisotopic (exact) mass is 559 g/mol. The molecule has 0 N–H and O–H groups in total. The Kier molecular flexibility index (Phi) is 4.75. The SMILES string of the molecule is c1ccc2c(c1)oc1cccc(-c3cccc4c5ccccc5n(-c5ccc6c7ccccc7c7ccccc7c6c5)c34)c12. The minimum absolute atomic E-state index is 0.910. The highest BCUT2D eigenvalue weighted by Crippen LogP contribution is 2.43. The first kappa shape index (κ1) is 23.7. The number of furan rings is 1. The van der Waals surface area contributed by atoms with Gasteiger partial charge in [0.05, 0.1) is 11.0 Å². The second kappa shape index (κ2) is 8.82. The molecule has 0 bridgehead atoms. The number of nitrogens with zero attached hydrogens (tertiary/aromatic N) is 1. The average molecular weight is 560 g/mol. The summed E-state index contributed by atoms with van der Waals surface area (Å²) in [7, 11) is 0. The molecule has 2 heterocycles. The van der Waals surface area contributed by atoms with E-state index in [-0.39, 0.29) is 0 Å². The van der Waals surface area contributed by atoms with Crippen molar-refractivity contribution in [3.8, 4) is 16.8 Å². The molecule has 8 aromatic carbocycles. The first-order chi connectivity index (χ1) is 21.8. The van der Waals surface area contributed by atoms with E-state index >= 15 is 0 Å². The van der Waals surface area contributed by atoms with Crippen LogP contribution in [-0.4, -0.2) is 4.57 Å². The third-order valence-electron chi connectivity index (χ3n) is 9.37. The smallest absolute Gasteiger partial charge is 0.136 e. The molecule has 0 atom stereocenters. The summed E-state index contributed by atoms with van der Waals surface area (Å²) >= 11 is 0. The topological polar surface area (TPSA) is 18.1 Å². The van der Waals surface area contributed by atoms with E-state index in [2.05, 4.69) is 150 Å². The van der Waals surface area contributed by atoms with Crippen LogP contribution in [0.4, 0.5) is 0 Å². The van der Waals surface area contributed by atoms with Gasteiger partial charge >= 0.3 is 0 Å². The lowest BCUT2D eigenvalue weighted by molar-refractivity contribution is 0.669. The molecule has 0 amide bonds. The van der Waals surface area contributed by atoms with Gasteiger partial charge in [-0.05, 0) is 68.2 Å². The first-order valence-electron chi connectivity index (χ1n) is 15.1. The zero-order valence-corrected chi connectivity index (χ0v) is 23.8. The lowest BCUT2D eigenvalue weighted by Gasteiger charge is -2.15. The van der Waals surface area contributed by atoms with Gasteiger partial charge in [-0.15, -0.1) is 0 Å². The van der Waals surface area contributed by atoms with Crippen molar-refractivity contribution >= 4 is 76.1 Å². The summed E-state index contributed by atoms with van der Waals surface area (Å²) in [5.41, 5.74) is 7.75. The Bertz CT molecular complexity index is 2740. The van der Waals surface area contributed by atoms with Gasteiger partial charge in [0.25, 0.3) is 0 Å². The van der Waals surface area contributed by atoms with Crippen molar-refractivity contribution in [2.75, 3.05) is 0 Å². The second-order valence-electron chi connectivity index (χ2n) is 11.7. The van der Waals surface area contributed by atoms with E-state index in [1.165, 1.54) is 65.3 Å². The molecule has 0 aliphatic carbocycles. The van der Waals surface area contributed by atoms with Crippen LogP contribution in [0.5, 0.6) is 0 Å². The average Bonchev–Trinajstić information content (AvgIpc) is 3.64. The predicted molar refractivity (Wildman–Crippen MR) is 186 cm³/mol. The van der Waals surface area contributed by atoms with E-state index in [1.54, 1.807) is 0 Å². The van der Waals surface area contributed by atoms with Gasteiger partial charge in [-0.3, -0.25) is 0 Å². The summed E-state index contributed by atoms with van der Waals surface area (Å²) < 4.78 is 8.78. The number of rotatable bonds is 2. The summed E-state index contributed by atoms with van der Waals surface area (Å²) in [4.78, 5) is 0. The van der Waals surface area contributed by atoms with Gasteiger partial charge < -0.3 is 8.98 Å². The van der Waals surface area contributed by atoms with E-state index < -0.39 is 0 Å². The Morgan fingerprint density at radius 2 is 0.909 bits per heavy atom. The van der Waals surface area contributed by atoms with Crippen LogP contribution in [0.15, 0.2) is 156 Å². The van der Waals surface area contributed by atoms with Crippen molar-refractivity contribution in [1.82, 2.24) is 4.57 Å². The van der Waals surface area contributed by atoms with Crippen LogP contribution in [0.2, 0.25) is 0 Å². The first-order valence-corrected chi connectivity index (χ1v) is 15.1. The maximum Gasteiger partial charge on any atom is 0.136 e. The summed E-state index contributed by atoms with van der Waals surface area (Å²) in [6, 6.07) is 54.8. The van der Waals surface area contributed by atoms with Crippen molar-refractivity contribution in [1.29, 1.82) is 0 Å². The summed E-state index contributed by atoms with van der Waals surface area (Å²) in [6.07, 6.45) is 0. The van der Waals surface area contributed by atoms with Crippen LogP contribution in [0, 0.1) is 0 Å². The molecule has 0 fully saturated rings. The molecule has 2 aromatic heterocycles. The van der Waals surface area contributed by atoms with Gasteiger partial charge in [0.1, 0.15) is 11.2 Å². The number of hydrogen-bond donors (Lipinski definition) is 0. The standard InChI is InChI=1S/C42H25NO/c1-2-13-29-27(11-1)28-12-3-4-14-30(28)37-25-26(23-24-31(29)37)43-38-20-7-5-15-32(38)34-18-9-19-35(42(34)43)33-17-10-22-40-41(33)36-16-6-8-21-39(36)44-40/h1-25H. The van der Waals surface area contributed by atoms with Gasteiger partial charge in [0.15, 0.2) is 0 Å². The number of hydrogen-bond acceptors (Lipinski definition) is 1. The molecule has 0 spiro atoms. The van der Waals surface area contributed by atoms with Gasteiger partial charge in [-0.2, -0.15) is 0 Å². The van der Waals surface area contributed by atoms with E-state index in [9.17, 15) is 0 Å². The fraction of sp³-hybridized carbons (Fsp3) is 0. The quantitative estimate of drug-likeness (QED) is 0.193. The molecule has 0 unspecified atom stereocenters. The van der Waals surface area contributed by atoms with Gasteiger partial charge in [-0.25, -0.2) is 0 Å². The lowest BCUT2D eigenvalue weighted by Crippen LogP contribution is -1.96. The Morgan fingerprint density at radius 3 is 1.68 bits per heavy atom. The number of fused-ring (bicyclic) bond motifs is 12. The van der Waals surface area contributed by atoms with Crippen LogP contribution in [-0.2, 0) is 0 Å². The van der Waals surface area contributed by atoms with E-state index in [4.69, 9.17) is 4.42 Å². The summed E-state index contributed by atoms with van der Waals surface area (Å²) in [5, 5.41) is 12.5. The molecule has 2 heteroatoms. The van der Waals surface area contributed by atoms with E-state index in [1.807, 2.05) is 6.07 Å². The molecule has 0 saturated carbocycles. The van der Waals surface area contributed by atoms with Gasteiger partial charge in [-0.1, -0.05) is 121 Å². The zero-order chi connectivity index (χ0) is 28.8. The highest BCUT2D eigenvalue weighted by atomic mass is 16.3. The molecule has 0 aliphatic rings. The Hall–Kier alpha value is -5.86. The molecular formula is C42H25NO. The van der Waals surface area contributed by atoms with Crippen molar-refractivity contribution < 1.29 is 4.42 Å². The molecule has 10 rings (SSSR count). The maximum atomic E-state index is 6.32. The van der Waals surface area contributed by atoms with Crippen molar-refractivity contribution in [2.45, 2.75) is 0 Å². The van der Waals surface area contributed by atoms with Crippen LogP contribution in [0.25, 0.3) is 92.9 Å². The number of benzene rings is 8. The third kappa shape index (κ3) is 3.14. The normalized spacial score (nSPS) is 12.1.